The number of aliphatic hydroxyl groups excluding tert-OH is 1. The van der Waals surface area contributed by atoms with E-state index in [4.69, 9.17) is 37.0 Å². The molecule has 0 heterocycles. The predicted octanol–water partition coefficient (Wildman–Crippen LogP) is 21.7. The summed E-state index contributed by atoms with van der Waals surface area (Å²) >= 11 is 0. The van der Waals surface area contributed by atoms with Crippen molar-refractivity contribution in [3.63, 3.8) is 0 Å². The van der Waals surface area contributed by atoms with Crippen molar-refractivity contribution in [3.05, 3.63) is 0 Å². The van der Waals surface area contributed by atoms with Crippen LogP contribution in [0.1, 0.15) is 376 Å². The monoisotopic (exact) mass is 1380 g/mol. The highest BCUT2D eigenvalue weighted by molar-refractivity contribution is 7.47. The van der Waals surface area contributed by atoms with Crippen LogP contribution in [0, 0.1) is 23.7 Å². The Morgan fingerprint density at radius 1 is 0.298 bits per heavy atom. The van der Waals surface area contributed by atoms with E-state index < -0.39 is 97.5 Å². The van der Waals surface area contributed by atoms with Gasteiger partial charge in [0.1, 0.15) is 19.3 Å². The Morgan fingerprint density at radius 2 is 0.511 bits per heavy atom. The van der Waals surface area contributed by atoms with Crippen molar-refractivity contribution in [2.24, 2.45) is 23.7 Å². The summed E-state index contributed by atoms with van der Waals surface area (Å²) in [5.41, 5.74) is 0. The zero-order chi connectivity index (χ0) is 69.6. The molecule has 0 aromatic carbocycles. The van der Waals surface area contributed by atoms with Crippen LogP contribution in [0.25, 0.3) is 0 Å². The highest BCUT2D eigenvalue weighted by Gasteiger charge is 2.30. The normalized spacial score (nSPS) is 14.4. The number of aliphatic hydroxyl groups is 1. The van der Waals surface area contributed by atoms with Crippen LogP contribution in [0.3, 0.4) is 0 Å². The molecule has 3 unspecified atom stereocenters. The standard InChI is InChI=1S/C75H146O17P2/c1-9-68(8)54-46-38-33-34-40-48-56-73(78)86-62-71(92-75(80)58-50-42-32-26-20-23-29-37-45-53-67(6)7)64-90-94(83,84)88-60-69(76)59-87-93(81,82)89-63-70(91-74(79)57-49-41-31-25-19-18-22-28-36-44-52-66(4)5)61-85-72(77)55-47-39-30-24-17-15-13-11-10-12-14-16-21-27-35-43-51-65(2)3/h65-71,76H,9-64H2,1-8H3,(H,81,82)(H,83,84)/t68?,69-,70-,71-/m1/s1. The van der Waals surface area contributed by atoms with Crippen LogP contribution >= 0.6 is 15.6 Å². The van der Waals surface area contributed by atoms with Crippen molar-refractivity contribution in [2.75, 3.05) is 39.6 Å². The first-order valence-corrected chi connectivity index (χ1v) is 41.7. The predicted molar refractivity (Wildman–Crippen MR) is 381 cm³/mol. The Labute approximate surface area is 575 Å². The van der Waals surface area contributed by atoms with Gasteiger partial charge < -0.3 is 33.8 Å². The van der Waals surface area contributed by atoms with Gasteiger partial charge in [0.25, 0.3) is 0 Å². The number of phosphoric ester groups is 2. The van der Waals surface area contributed by atoms with Gasteiger partial charge in [-0.15, -0.1) is 0 Å². The lowest BCUT2D eigenvalue weighted by molar-refractivity contribution is -0.161. The van der Waals surface area contributed by atoms with E-state index in [2.05, 4.69) is 55.4 Å². The van der Waals surface area contributed by atoms with Gasteiger partial charge >= 0.3 is 39.5 Å². The minimum Gasteiger partial charge on any atom is -0.462 e. The molecule has 6 atom stereocenters. The summed E-state index contributed by atoms with van der Waals surface area (Å²) < 4.78 is 68.5. The summed E-state index contributed by atoms with van der Waals surface area (Å²) in [6.45, 7) is 14.1. The first kappa shape index (κ1) is 92.1. The number of hydrogen-bond donors (Lipinski definition) is 3. The van der Waals surface area contributed by atoms with Gasteiger partial charge in [-0.25, -0.2) is 9.13 Å². The van der Waals surface area contributed by atoms with Gasteiger partial charge in [-0.3, -0.25) is 37.3 Å². The molecule has 0 radical (unpaired) electrons. The van der Waals surface area contributed by atoms with Crippen LogP contribution in [0.4, 0.5) is 0 Å². The fraction of sp³-hybridized carbons (Fsp3) is 0.947. The van der Waals surface area contributed by atoms with Gasteiger partial charge in [-0.05, 0) is 49.4 Å². The number of esters is 4. The van der Waals surface area contributed by atoms with E-state index in [0.717, 1.165) is 120 Å². The molecule has 94 heavy (non-hydrogen) atoms. The summed E-state index contributed by atoms with van der Waals surface area (Å²) in [6.07, 6.45) is 48.7. The molecule has 558 valence electrons. The summed E-state index contributed by atoms with van der Waals surface area (Å²) in [7, 11) is -9.91. The molecule has 0 aromatic heterocycles. The Kier molecular flexibility index (Phi) is 63.1. The number of carbonyl (C=O) groups excluding carboxylic acids is 4. The SMILES string of the molecule is CCC(C)CCCCCCCCC(=O)OC[C@H](COP(=O)(O)OC[C@H](O)COP(=O)(O)OC[C@@H](COC(=O)CCCCCCCCCCCCCCCCCCC(C)C)OC(=O)CCCCCCCCCCCCC(C)C)OC(=O)CCCCCCCCCCCC(C)C. The second-order valence-corrected chi connectivity index (χ2v) is 31.6. The van der Waals surface area contributed by atoms with Crippen molar-refractivity contribution in [2.45, 2.75) is 395 Å². The molecule has 0 aromatic rings. The average Bonchev–Trinajstić information content (AvgIpc) is 1.27. The van der Waals surface area contributed by atoms with E-state index in [1.165, 1.54) is 173 Å². The number of carbonyl (C=O) groups is 4. The van der Waals surface area contributed by atoms with E-state index in [1.54, 1.807) is 0 Å². The maximum atomic E-state index is 13.1. The minimum absolute atomic E-state index is 0.104. The second kappa shape index (κ2) is 64.4. The van der Waals surface area contributed by atoms with Crippen molar-refractivity contribution < 1.29 is 80.2 Å². The third kappa shape index (κ3) is 67.3. The maximum absolute atomic E-state index is 13.1. The van der Waals surface area contributed by atoms with Gasteiger partial charge in [0.05, 0.1) is 26.4 Å². The van der Waals surface area contributed by atoms with E-state index in [0.29, 0.717) is 25.7 Å². The highest BCUT2D eigenvalue weighted by atomic mass is 31.2. The van der Waals surface area contributed by atoms with Gasteiger partial charge in [-0.2, -0.15) is 0 Å². The van der Waals surface area contributed by atoms with E-state index in [9.17, 15) is 43.2 Å². The molecule has 19 heteroatoms. The minimum atomic E-state index is -4.96. The smallest absolute Gasteiger partial charge is 0.462 e. The fourth-order valence-electron chi connectivity index (χ4n) is 11.3. The quantitative estimate of drug-likeness (QED) is 0.0222. The first-order chi connectivity index (χ1) is 45.1. The number of phosphoric acid groups is 2. The third-order valence-corrected chi connectivity index (χ3v) is 19.6. The third-order valence-electron chi connectivity index (χ3n) is 17.7. The number of hydrogen-bond acceptors (Lipinski definition) is 15. The van der Waals surface area contributed by atoms with Crippen LogP contribution in [0.5, 0.6) is 0 Å². The van der Waals surface area contributed by atoms with Gasteiger partial charge in [0.15, 0.2) is 12.2 Å². The Hall–Kier alpha value is -1.94. The Balaban J connectivity index is 5.22. The molecule has 0 rings (SSSR count). The van der Waals surface area contributed by atoms with Crippen molar-refractivity contribution in [1.29, 1.82) is 0 Å². The molecule has 0 aliphatic heterocycles. The largest absolute Gasteiger partial charge is 0.472 e. The molecular formula is C75H146O17P2. The fourth-order valence-corrected chi connectivity index (χ4v) is 12.9. The molecule has 0 saturated heterocycles. The number of unbranched alkanes of at least 4 members (excludes halogenated alkanes) is 37. The summed E-state index contributed by atoms with van der Waals surface area (Å²) in [4.78, 5) is 72.7. The summed E-state index contributed by atoms with van der Waals surface area (Å²) in [5, 5.41) is 10.6. The van der Waals surface area contributed by atoms with E-state index in [1.807, 2.05) is 0 Å². The van der Waals surface area contributed by atoms with Crippen LogP contribution in [0.15, 0.2) is 0 Å². The molecule has 3 N–H and O–H groups in total. The van der Waals surface area contributed by atoms with Crippen molar-refractivity contribution >= 4 is 39.5 Å². The molecule has 0 bridgehead atoms. The molecule has 0 saturated carbocycles. The van der Waals surface area contributed by atoms with Gasteiger partial charge in [-0.1, -0.05) is 325 Å². The molecule has 0 fully saturated rings. The van der Waals surface area contributed by atoms with Crippen molar-refractivity contribution in [1.82, 2.24) is 0 Å². The summed E-state index contributed by atoms with van der Waals surface area (Å²) in [5.74, 6) is 0.908. The van der Waals surface area contributed by atoms with Crippen LogP contribution in [-0.2, 0) is 65.4 Å². The molecular weight excluding hydrogens is 1230 g/mol. The lowest BCUT2D eigenvalue weighted by Gasteiger charge is -2.21. The van der Waals surface area contributed by atoms with E-state index >= 15 is 0 Å². The molecule has 0 aliphatic rings. The van der Waals surface area contributed by atoms with Gasteiger partial charge in [0, 0.05) is 25.7 Å². The topological polar surface area (TPSA) is 237 Å². The van der Waals surface area contributed by atoms with Crippen molar-refractivity contribution in [3.8, 4) is 0 Å². The Bertz CT molecular complexity index is 1850. The molecule has 0 amide bonds. The lowest BCUT2D eigenvalue weighted by Crippen LogP contribution is -2.30. The maximum Gasteiger partial charge on any atom is 0.472 e. The summed E-state index contributed by atoms with van der Waals surface area (Å²) in [6, 6.07) is 0. The first-order valence-electron chi connectivity index (χ1n) is 38.7. The molecule has 17 nitrogen and oxygen atoms in total. The van der Waals surface area contributed by atoms with Crippen LogP contribution in [0.2, 0.25) is 0 Å². The van der Waals surface area contributed by atoms with E-state index in [-0.39, 0.29) is 25.7 Å². The second-order valence-electron chi connectivity index (χ2n) is 28.7. The number of rotatable bonds is 72. The Morgan fingerprint density at radius 3 is 0.755 bits per heavy atom. The van der Waals surface area contributed by atoms with Gasteiger partial charge in [0.2, 0.25) is 0 Å². The molecule has 0 spiro atoms. The zero-order valence-electron chi connectivity index (χ0n) is 61.6. The highest BCUT2D eigenvalue weighted by Crippen LogP contribution is 2.45. The average molecular weight is 1380 g/mol. The number of ether oxygens (including phenoxy) is 4. The lowest BCUT2D eigenvalue weighted by atomic mass is 10.00. The van der Waals surface area contributed by atoms with Crippen LogP contribution in [-0.4, -0.2) is 96.7 Å². The zero-order valence-corrected chi connectivity index (χ0v) is 63.4. The molecule has 0 aliphatic carbocycles. The van der Waals surface area contributed by atoms with Crippen LogP contribution < -0.4 is 0 Å².